The highest BCUT2D eigenvalue weighted by Crippen LogP contribution is 2.21. The van der Waals surface area contributed by atoms with E-state index in [0.717, 1.165) is 16.9 Å². The molecule has 25 heavy (non-hydrogen) atoms. The first-order valence-electron chi connectivity index (χ1n) is 8.52. The highest BCUT2D eigenvalue weighted by molar-refractivity contribution is 5.95. The van der Waals surface area contributed by atoms with E-state index < -0.39 is 5.41 Å². The van der Waals surface area contributed by atoms with Crippen LogP contribution in [0.4, 0.5) is 11.4 Å². The maximum absolute atomic E-state index is 12.2. The molecule has 0 aliphatic rings. The Morgan fingerprint density at radius 2 is 1.40 bits per heavy atom. The van der Waals surface area contributed by atoms with Gasteiger partial charge in [0, 0.05) is 23.2 Å². The van der Waals surface area contributed by atoms with Crippen molar-refractivity contribution in [3.05, 3.63) is 60.2 Å². The zero-order valence-corrected chi connectivity index (χ0v) is 15.3. The molecule has 0 saturated heterocycles. The Bertz CT molecular complexity index is 716. The Morgan fingerprint density at radius 1 is 0.880 bits per heavy atom. The van der Waals surface area contributed by atoms with Crippen LogP contribution >= 0.6 is 0 Å². The molecule has 0 radical (unpaired) electrons. The van der Waals surface area contributed by atoms with Crippen LogP contribution in [0.2, 0.25) is 0 Å². The van der Waals surface area contributed by atoms with Crippen molar-refractivity contribution in [1.29, 1.82) is 0 Å². The average Bonchev–Trinajstić information content (AvgIpc) is 2.56. The summed E-state index contributed by atoms with van der Waals surface area (Å²) in [5.74, 6) is 0.0929. The maximum atomic E-state index is 12.2. The maximum Gasteiger partial charge on any atom is 0.229 e. The van der Waals surface area contributed by atoms with E-state index in [-0.39, 0.29) is 17.7 Å². The third-order valence-corrected chi connectivity index (χ3v) is 3.97. The largest absolute Gasteiger partial charge is 0.326 e. The predicted molar refractivity (Wildman–Crippen MR) is 103 cm³/mol. The van der Waals surface area contributed by atoms with E-state index in [1.807, 2.05) is 58.0 Å². The fraction of sp³-hybridized carbons (Fsp3) is 0.333. The molecule has 2 rings (SSSR count). The molecule has 4 nitrogen and oxygen atoms in total. The van der Waals surface area contributed by atoms with Crippen molar-refractivity contribution in [3.63, 3.8) is 0 Å². The molecule has 0 fully saturated rings. The van der Waals surface area contributed by atoms with Crippen LogP contribution in [-0.4, -0.2) is 11.8 Å². The first-order chi connectivity index (χ1) is 11.8. The second-order valence-electron chi connectivity index (χ2n) is 7.35. The van der Waals surface area contributed by atoms with Gasteiger partial charge in [0.05, 0.1) is 0 Å². The molecule has 2 aromatic carbocycles. The van der Waals surface area contributed by atoms with Gasteiger partial charge in [-0.15, -0.1) is 0 Å². The molecule has 2 amide bonds. The molecular formula is C21H26N2O2. The molecule has 2 N–H and O–H groups in total. The third kappa shape index (κ3) is 5.75. The molecule has 4 heteroatoms. The monoisotopic (exact) mass is 338 g/mol. The van der Waals surface area contributed by atoms with E-state index in [9.17, 15) is 9.59 Å². The van der Waals surface area contributed by atoms with Gasteiger partial charge in [0.2, 0.25) is 11.8 Å². The first kappa shape index (κ1) is 18.7. The summed E-state index contributed by atoms with van der Waals surface area (Å²) in [5, 5.41) is 5.77. The van der Waals surface area contributed by atoms with E-state index in [4.69, 9.17) is 0 Å². The lowest BCUT2D eigenvalue weighted by molar-refractivity contribution is -0.123. The lowest BCUT2D eigenvalue weighted by Crippen LogP contribution is -2.27. The van der Waals surface area contributed by atoms with Gasteiger partial charge in [-0.1, -0.05) is 58.0 Å². The number of nitrogens with one attached hydrogen (secondary N) is 2. The number of hydrogen-bond donors (Lipinski definition) is 2. The van der Waals surface area contributed by atoms with Gasteiger partial charge in [0.25, 0.3) is 0 Å². The van der Waals surface area contributed by atoms with E-state index in [2.05, 4.69) is 10.6 Å². The summed E-state index contributed by atoms with van der Waals surface area (Å²) in [6, 6.07) is 17.2. The molecular weight excluding hydrogens is 312 g/mol. The summed E-state index contributed by atoms with van der Waals surface area (Å²) >= 11 is 0. The van der Waals surface area contributed by atoms with Crippen molar-refractivity contribution in [2.75, 3.05) is 10.6 Å². The molecule has 0 spiro atoms. The lowest BCUT2D eigenvalue weighted by atomic mass is 9.95. The van der Waals surface area contributed by atoms with Crippen LogP contribution in [0.5, 0.6) is 0 Å². The molecule has 0 aliphatic heterocycles. The predicted octanol–water partition coefficient (Wildman–Crippen LogP) is 4.80. The number of carbonyl (C=O) groups is 2. The molecule has 0 heterocycles. The molecule has 0 aromatic heterocycles. The van der Waals surface area contributed by atoms with Crippen molar-refractivity contribution in [2.45, 2.75) is 40.0 Å². The molecule has 0 saturated carbocycles. The minimum absolute atomic E-state index is 0.0252. The summed E-state index contributed by atoms with van der Waals surface area (Å²) in [4.78, 5) is 24.2. The molecule has 132 valence electrons. The number of hydrogen-bond acceptors (Lipinski definition) is 2. The summed E-state index contributed by atoms with van der Waals surface area (Å²) in [5.41, 5.74) is 2.15. The number of benzene rings is 2. The van der Waals surface area contributed by atoms with Crippen LogP contribution in [0.25, 0.3) is 0 Å². The smallest absolute Gasteiger partial charge is 0.229 e. The Balaban J connectivity index is 1.90. The number of amides is 2. The highest BCUT2D eigenvalue weighted by Gasteiger charge is 2.21. The summed E-state index contributed by atoms with van der Waals surface area (Å²) in [6.07, 6.45) is 0.423. The Hall–Kier alpha value is -2.62. The van der Waals surface area contributed by atoms with Crippen molar-refractivity contribution in [2.24, 2.45) is 5.41 Å². The van der Waals surface area contributed by atoms with E-state index in [0.29, 0.717) is 6.42 Å². The van der Waals surface area contributed by atoms with Crippen molar-refractivity contribution in [1.82, 2.24) is 0 Å². The molecule has 0 bridgehead atoms. The van der Waals surface area contributed by atoms with Gasteiger partial charge >= 0.3 is 0 Å². The van der Waals surface area contributed by atoms with Crippen molar-refractivity contribution in [3.8, 4) is 0 Å². The van der Waals surface area contributed by atoms with E-state index in [1.54, 1.807) is 24.3 Å². The summed E-state index contributed by atoms with van der Waals surface area (Å²) < 4.78 is 0. The topological polar surface area (TPSA) is 58.2 Å². The molecule has 2 aromatic rings. The van der Waals surface area contributed by atoms with Gasteiger partial charge in [-0.25, -0.2) is 0 Å². The van der Waals surface area contributed by atoms with Gasteiger partial charge in [0.15, 0.2) is 0 Å². The number of rotatable bonds is 5. The Morgan fingerprint density at radius 3 is 1.92 bits per heavy atom. The van der Waals surface area contributed by atoms with Gasteiger partial charge in [-0.05, 0) is 35.7 Å². The Kier molecular flexibility index (Phi) is 5.97. The van der Waals surface area contributed by atoms with Crippen molar-refractivity contribution < 1.29 is 9.59 Å². The van der Waals surface area contributed by atoms with Crippen LogP contribution < -0.4 is 10.6 Å². The lowest BCUT2D eigenvalue weighted by Gasteiger charge is -2.18. The Labute approximate surface area is 149 Å². The average molecular weight is 338 g/mol. The van der Waals surface area contributed by atoms with Gasteiger partial charge < -0.3 is 10.6 Å². The first-order valence-corrected chi connectivity index (χ1v) is 8.52. The van der Waals surface area contributed by atoms with E-state index in [1.165, 1.54) is 0 Å². The van der Waals surface area contributed by atoms with Crippen LogP contribution in [0.15, 0.2) is 54.6 Å². The zero-order valence-electron chi connectivity index (χ0n) is 15.3. The quantitative estimate of drug-likeness (QED) is 0.822. The minimum Gasteiger partial charge on any atom is -0.326 e. The van der Waals surface area contributed by atoms with Gasteiger partial charge in [0.1, 0.15) is 0 Å². The molecule has 0 aliphatic carbocycles. The third-order valence-electron chi connectivity index (χ3n) is 3.97. The second kappa shape index (κ2) is 7.97. The fourth-order valence-electron chi connectivity index (χ4n) is 2.35. The van der Waals surface area contributed by atoms with E-state index >= 15 is 0 Å². The molecule has 0 unspecified atom stereocenters. The van der Waals surface area contributed by atoms with Crippen LogP contribution in [-0.2, 0) is 9.59 Å². The summed E-state index contributed by atoms with van der Waals surface area (Å²) in [7, 11) is 0. The second-order valence-corrected chi connectivity index (χ2v) is 7.35. The van der Waals surface area contributed by atoms with Crippen LogP contribution in [0.3, 0.4) is 0 Å². The normalized spacial score (nSPS) is 12.3. The molecule has 1 atom stereocenters. The highest BCUT2D eigenvalue weighted by atomic mass is 16.2. The van der Waals surface area contributed by atoms with Crippen molar-refractivity contribution >= 4 is 23.2 Å². The van der Waals surface area contributed by atoms with Gasteiger partial charge in [-0.2, -0.15) is 0 Å². The fourth-order valence-corrected chi connectivity index (χ4v) is 2.35. The van der Waals surface area contributed by atoms with Crippen LogP contribution in [0.1, 0.15) is 45.6 Å². The summed E-state index contributed by atoms with van der Waals surface area (Å²) in [6.45, 7) is 7.64. The number of anilines is 2. The standard InChI is InChI=1S/C21H26N2O2/c1-15(16-8-6-5-7-9-16)14-19(24)22-17-10-12-18(13-11-17)23-20(25)21(2,3)4/h5-13,15H,14H2,1-4H3,(H,22,24)(H,23,25)/t15-/m1/s1. The zero-order chi connectivity index (χ0) is 18.4. The van der Waals surface area contributed by atoms with Gasteiger partial charge in [-0.3, -0.25) is 9.59 Å². The van der Waals surface area contributed by atoms with Crippen LogP contribution in [0, 0.1) is 5.41 Å². The SMILES string of the molecule is C[C@H](CC(=O)Nc1ccc(NC(=O)C(C)(C)C)cc1)c1ccccc1. The minimum atomic E-state index is -0.444. The number of carbonyl (C=O) groups excluding carboxylic acids is 2.